The van der Waals surface area contributed by atoms with Gasteiger partial charge in [0.05, 0.1) is 17.3 Å². The topological polar surface area (TPSA) is 213 Å². The van der Waals surface area contributed by atoms with Gasteiger partial charge in [-0.1, -0.05) is 38.1 Å². The number of nitrogens with zero attached hydrogens (tertiary/aromatic N) is 5. The summed E-state index contributed by atoms with van der Waals surface area (Å²) < 4.78 is 1.38. The lowest BCUT2D eigenvalue weighted by Crippen LogP contribution is -2.51. The number of H-pyrrole nitrogens is 1. The number of aliphatic hydroxyl groups excluding tert-OH is 1. The third-order valence-corrected chi connectivity index (χ3v) is 10.8. The van der Waals surface area contributed by atoms with Crippen molar-refractivity contribution in [2.45, 2.75) is 77.2 Å². The first kappa shape index (κ1) is 38.4. The summed E-state index contributed by atoms with van der Waals surface area (Å²) in [6.07, 6.45) is 0.230. The summed E-state index contributed by atoms with van der Waals surface area (Å²) in [4.78, 5) is 68.6. The van der Waals surface area contributed by atoms with Crippen LogP contribution in [0.15, 0.2) is 59.4 Å². The van der Waals surface area contributed by atoms with Crippen LogP contribution in [0.2, 0.25) is 0 Å². The van der Waals surface area contributed by atoms with Gasteiger partial charge in [0, 0.05) is 75.8 Å². The number of aromatic nitrogens is 3. The normalized spacial score (nSPS) is 19.0. The maximum absolute atomic E-state index is 13.0. The molecule has 3 aliphatic rings. The molecule has 294 valence electrons. The summed E-state index contributed by atoms with van der Waals surface area (Å²) in [5.41, 5.74) is 3.94. The maximum atomic E-state index is 13.0. The summed E-state index contributed by atoms with van der Waals surface area (Å²) in [5, 5.41) is 43.7. The molecule has 56 heavy (non-hydrogen) atoms. The van der Waals surface area contributed by atoms with Gasteiger partial charge in [-0.25, -0.2) is 14.5 Å². The number of fused-ring (bicyclic) bond motifs is 1. The number of aromatic hydroxyl groups is 2. The van der Waals surface area contributed by atoms with E-state index in [4.69, 9.17) is 0 Å². The van der Waals surface area contributed by atoms with Crippen molar-refractivity contribution >= 4 is 29.3 Å². The fraction of sp³-hybridized carbons (Fsp3) is 0.400. The zero-order valence-electron chi connectivity index (χ0n) is 31.3. The highest BCUT2D eigenvalue weighted by atomic mass is 16.3. The molecule has 4 aromatic rings. The van der Waals surface area contributed by atoms with E-state index < -0.39 is 23.9 Å². The SMILES string of the molecule is CC(C)c1cc(-c2n[nH]c(=O)n2-c2ccc(CN3CCN(C(=O)CCCC(=O)Nc4cccc5c4CN(C4CCC(=O)NC4=O)C5O)CC3)cc2)c(O)cc1O. The molecule has 4 amide bonds. The predicted octanol–water partition coefficient (Wildman–Crippen LogP) is 2.83. The number of benzene rings is 3. The molecule has 16 heteroatoms. The van der Waals surface area contributed by atoms with Gasteiger partial charge in [0.1, 0.15) is 17.7 Å². The zero-order valence-corrected chi connectivity index (χ0v) is 31.3. The van der Waals surface area contributed by atoms with Crippen LogP contribution < -0.4 is 16.3 Å². The molecular weight excluding hydrogens is 720 g/mol. The number of phenolic OH excluding ortho intramolecular Hbond substituents is 2. The summed E-state index contributed by atoms with van der Waals surface area (Å²) in [6.45, 7) is 7.22. The summed E-state index contributed by atoms with van der Waals surface area (Å²) in [5.74, 6) is -1.03. The third kappa shape index (κ3) is 7.94. The van der Waals surface area contributed by atoms with Crippen LogP contribution in [-0.2, 0) is 32.3 Å². The number of rotatable bonds is 11. The standard InChI is InChI=1S/C40H46N8O8/c1-23(2)27-19-28(33(50)20-32(27)49)37-43-44-40(56)48(37)25-11-9-24(10-12-25)21-45-15-17-46(18-16-45)36(53)8-4-7-34(51)41-30-6-3-5-26-29(30)22-47(39(26)55)31-13-14-35(52)42-38(31)54/h3,5-6,9-12,19-20,23,31,39,49-50,55H,4,7-8,13-18,21-22H2,1-2H3,(H,41,51)(H,44,56)(H,42,52,54). The Bertz CT molecular complexity index is 2210. The fourth-order valence-corrected chi connectivity index (χ4v) is 7.75. The Balaban J connectivity index is 0.873. The molecule has 2 fully saturated rings. The number of piperidine rings is 1. The minimum atomic E-state index is -1.04. The van der Waals surface area contributed by atoms with E-state index in [0.29, 0.717) is 73.6 Å². The van der Waals surface area contributed by atoms with Crippen molar-refractivity contribution in [1.82, 2.24) is 34.8 Å². The van der Waals surface area contributed by atoms with Crippen LogP contribution in [0.5, 0.6) is 11.5 Å². The highest BCUT2D eigenvalue weighted by Gasteiger charge is 2.40. The van der Waals surface area contributed by atoms with E-state index in [1.54, 1.807) is 29.2 Å². The second-order valence-electron chi connectivity index (χ2n) is 14.9. The van der Waals surface area contributed by atoms with E-state index in [9.17, 15) is 39.3 Å². The molecule has 16 nitrogen and oxygen atoms in total. The van der Waals surface area contributed by atoms with Crippen LogP contribution in [0.4, 0.5) is 5.69 Å². The number of nitrogens with one attached hydrogen (secondary N) is 3. The molecule has 1 aromatic heterocycles. The summed E-state index contributed by atoms with van der Waals surface area (Å²) in [7, 11) is 0. The Hall–Kier alpha value is -5.84. The Morgan fingerprint density at radius 3 is 2.43 bits per heavy atom. The number of anilines is 1. The fourth-order valence-electron chi connectivity index (χ4n) is 7.75. The Kier molecular flexibility index (Phi) is 11.0. The molecule has 2 saturated heterocycles. The predicted molar refractivity (Wildman–Crippen MR) is 204 cm³/mol. The van der Waals surface area contributed by atoms with Gasteiger partial charge < -0.3 is 25.5 Å². The van der Waals surface area contributed by atoms with Crippen LogP contribution in [0.25, 0.3) is 17.1 Å². The van der Waals surface area contributed by atoms with Crippen molar-refractivity contribution in [3.63, 3.8) is 0 Å². The molecule has 3 aromatic carbocycles. The quantitative estimate of drug-likeness (QED) is 0.122. The van der Waals surface area contributed by atoms with Crippen molar-refractivity contribution in [2.24, 2.45) is 0 Å². The highest BCUT2D eigenvalue weighted by Crippen LogP contribution is 2.39. The number of imide groups is 1. The van der Waals surface area contributed by atoms with E-state index in [1.165, 1.54) is 10.6 Å². The molecule has 2 unspecified atom stereocenters. The lowest BCUT2D eigenvalue weighted by atomic mass is 9.98. The number of aromatic amines is 1. The molecule has 4 heterocycles. The van der Waals surface area contributed by atoms with Crippen LogP contribution in [0, 0.1) is 0 Å². The summed E-state index contributed by atoms with van der Waals surface area (Å²) in [6, 6.07) is 15.0. The Labute approximate surface area is 322 Å². The molecule has 6 N–H and O–H groups in total. The van der Waals surface area contributed by atoms with Gasteiger partial charge in [-0.2, -0.15) is 5.10 Å². The average Bonchev–Trinajstić information content (AvgIpc) is 3.71. The summed E-state index contributed by atoms with van der Waals surface area (Å²) >= 11 is 0. The van der Waals surface area contributed by atoms with Crippen molar-refractivity contribution in [1.29, 1.82) is 0 Å². The van der Waals surface area contributed by atoms with E-state index >= 15 is 0 Å². The first-order chi connectivity index (χ1) is 26.9. The monoisotopic (exact) mass is 766 g/mol. The van der Waals surface area contributed by atoms with Crippen molar-refractivity contribution in [2.75, 3.05) is 31.5 Å². The van der Waals surface area contributed by atoms with E-state index in [2.05, 4.69) is 25.7 Å². The number of hydrogen-bond acceptors (Lipinski definition) is 11. The van der Waals surface area contributed by atoms with Crippen LogP contribution >= 0.6 is 0 Å². The molecule has 0 bridgehead atoms. The Morgan fingerprint density at radius 1 is 0.964 bits per heavy atom. The van der Waals surface area contributed by atoms with Gasteiger partial charge in [-0.3, -0.25) is 34.3 Å². The lowest BCUT2D eigenvalue weighted by Gasteiger charge is -2.34. The number of carbonyl (C=O) groups excluding carboxylic acids is 4. The van der Waals surface area contributed by atoms with Gasteiger partial charge in [0.15, 0.2) is 5.82 Å². The molecule has 0 saturated carbocycles. The zero-order chi connectivity index (χ0) is 39.7. The van der Waals surface area contributed by atoms with Gasteiger partial charge in [-0.15, -0.1) is 0 Å². The van der Waals surface area contributed by atoms with Crippen molar-refractivity contribution in [3.8, 4) is 28.6 Å². The first-order valence-corrected chi connectivity index (χ1v) is 18.9. The minimum absolute atomic E-state index is 0.00746. The third-order valence-electron chi connectivity index (χ3n) is 10.8. The van der Waals surface area contributed by atoms with E-state index in [1.807, 2.05) is 43.0 Å². The first-order valence-electron chi connectivity index (χ1n) is 18.9. The number of phenols is 2. The second-order valence-corrected chi connectivity index (χ2v) is 14.9. The van der Waals surface area contributed by atoms with E-state index in [0.717, 1.165) is 11.1 Å². The lowest BCUT2D eigenvalue weighted by molar-refractivity contribution is -0.142. The van der Waals surface area contributed by atoms with E-state index in [-0.39, 0.29) is 66.8 Å². The minimum Gasteiger partial charge on any atom is -0.508 e. The molecule has 7 rings (SSSR count). The average molecular weight is 767 g/mol. The number of hydrogen-bond donors (Lipinski definition) is 6. The van der Waals surface area contributed by atoms with Crippen LogP contribution in [0.3, 0.4) is 0 Å². The second kappa shape index (κ2) is 16.1. The molecule has 0 spiro atoms. The molecule has 0 radical (unpaired) electrons. The van der Waals surface area contributed by atoms with Crippen LogP contribution in [-0.4, -0.2) is 101 Å². The van der Waals surface area contributed by atoms with Crippen molar-refractivity contribution < 1.29 is 34.5 Å². The van der Waals surface area contributed by atoms with Gasteiger partial charge in [0.25, 0.3) is 0 Å². The van der Waals surface area contributed by atoms with Gasteiger partial charge in [-0.05, 0) is 59.7 Å². The van der Waals surface area contributed by atoms with Crippen LogP contribution in [0.1, 0.15) is 80.4 Å². The number of amides is 4. The highest BCUT2D eigenvalue weighted by molar-refractivity contribution is 6.00. The molecule has 3 aliphatic heterocycles. The van der Waals surface area contributed by atoms with Gasteiger partial charge in [0.2, 0.25) is 23.6 Å². The van der Waals surface area contributed by atoms with Gasteiger partial charge >= 0.3 is 5.69 Å². The smallest absolute Gasteiger partial charge is 0.348 e. The molecular formula is C40H46N8O8. The number of carbonyl (C=O) groups is 4. The molecule has 0 aliphatic carbocycles. The maximum Gasteiger partial charge on any atom is 0.348 e. The number of piperazine rings is 1. The number of aliphatic hydroxyl groups is 1. The largest absolute Gasteiger partial charge is 0.508 e. The molecule has 2 atom stereocenters. The van der Waals surface area contributed by atoms with Crippen molar-refractivity contribution in [3.05, 3.63) is 87.3 Å². The Morgan fingerprint density at radius 2 is 1.71 bits per heavy atom.